The molecule has 0 aliphatic heterocycles. The van der Waals surface area contributed by atoms with Crippen LogP contribution in [0, 0.1) is 69.4 Å². The maximum Gasteiger partial charge on any atom is 0.309 e. The Morgan fingerprint density at radius 1 is 0.950 bits per heavy atom. The van der Waals surface area contributed by atoms with E-state index in [0.29, 0.717) is 29.2 Å². The molecule has 40 heavy (non-hydrogen) atoms. The zero-order valence-corrected chi connectivity index (χ0v) is 26.0. The molecule has 5 aliphatic rings. The summed E-state index contributed by atoms with van der Waals surface area (Å²) in [6.45, 7) is 20.9. The molecule has 5 aliphatic carbocycles. The van der Waals surface area contributed by atoms with Gasteiger partial charge in [-0.15, -0.1) is 0 Å². The Kier molecular flexibility index (Phi) is 6.21. The molecule has 1 N–H and O–H groups in total. The molecule has 0 heterocycles. The van der Waals surface area contributed by atoms with Crippen LogP contribution < -0.4 is 0 Å². The Morgan fingerprint density at radius 2 is 1.68 bits per heavy atom. The van der Waals surface area contributed by atoms with Crippen LogP contribution >= 0.6 is 0 Å². The normalized spacial score (nSPS) is 45.4. The van der Waals surface area contributed by atoms with Crippen LogP contribution in [0.3, 0.4) is 0 Å². The number of carboxylic acids is 1. The van der Waals surface area contributed by atoms with Crippen LogP contribution in [0.25, 0.3) is 5.57 Å². The molecule has 9 atom stereocenters. The van der Waals surface area contributed by atoms with Crippen molar-refractivity contribution in [1.29, 1.82) is 0 Å². The largest absolute Gasteiger partial charge is 0.481 e. The number of aliphatic carboxylic acids is 1. The van der Waals surface area contributed by atoms with Gasteiger partial charge in [-0.25, -0.2) is 4.39 Å². The molecule has 0 spiro atoms. The summed E-state index contributed by atoms with van der Waals surface area (Å²) in [4.78, 5) is 12.9. The number of allylic oxidation sites excluding steroid dienone is 3. The molecule has 6 rings (SSSR count). The lowest BCUT2D eigenvalue weighted by Crippen LogP contribution is -2.65. The van der Waals surface area contributed by atoms with E-state index in [1.165, 1.54) is 30.4 Å². The summed E-state index contributed by atoms with van der Waals surface area (Å²) in [5, 5.41) is 10.6. The van der Waals surface area contributed by atoms with Crippen molar-refractivity contribution < 1.29 is 14.3 Å². The van der Waals surface area contributed by atoms with E-state index < -0.39 is 11.4 Å². The maximum atomic E-state index is 14.6. The molecule has 0 aromatic heterocycles. The fraction of sp³-hybridized carbons (Fsp3) is 0.703. The summed E-state index contributed by atoms with van der Waals surface area (Å²) in [6, 6.07) is 5.79. The molecule has 0 amide bonds. The van der Waals surface area contributed by atoms with Gasteiger partial charge in [-0.05, 0) is 146 Å². The van der Waals surface area contributed by atoms with E-state index in [1.54, 1.807) is 6.07 Å². The Balaban J connectivity index is 1.39. The van der Waals surface area contributed by atoms with Crippen molar-refractivity contribution in [3.05, 3.63) is 53.4 Å². The lowest BCUT2D eigenvalue weighted by atomic mass is 9.32. The van der Waals surface area contributed by atoms with Crippen molar-refractivity contribution in [3.8, 4) is 0 Å². The van der Waals surface area contributed by atoms with Gasteiger partial charge in [-0.3, -0.25) is 4.79 Å². The second-order valence-corrected chi connectivity index (χ2v) is 16.2. The highest BCUT2D eigenvalue weighted by molar-refractivity contribution is 5.76. The van der Waals surface area contributed by atoms with Crippen LogP contribution in [-0.4, -0.2) is 11.1 Å². The quantitative estimate of drug-likeness (QED) is 0.383. The van der Waals surface area contributed by atoms with Crippen LogP contribution in [0.5, 0.6) is 0 Å². The first-order valence-electron chi connectivity index (χ1n) is 16.0. The standard InChI is InChI=1S/C37H51FO2/c1-22(2)25-13-18-37(32(39)40)20-19-35(7)27(31(25)37)11-12-30-34(6)16-14-26(24-10-9-23(3)28(38)21-24)33(4,5)29(34)15-17-36(30,35)8/h9-10,14,21,25,27,29-31H,1,11-13,15-20H2,2-8H3,(H,39,40)/t25-,27+,29-,30+,31+,34-,35+,36+,37-/m0/s1. The molecule has 1 aromatic rings. The highest BCUT2D eigenvalue weighted by atomic mass is 19.1. The zero-order valence-electron chi connectivity index (χ0n) is 26.0. The third kappa shape index (κ3) is 3.42. The monoisotopic (exact) mass is 546 g/mol. The van der Waals surface area contributed by atoms with Gasteiger partial charge >= 0.3 is 5.97 Å². The van der Waals surface area contributed by atoms with E-state index in [9.17, 15) is 14.3 Å². The fourth-order valence-corrected chi connectivity index (χ4v) is 12.4. The highest BCUT2D eigenvalue weighted by Crippen LogP contribution is 2.77. The second kappa shape index (κ2) is 8.81. The predicted octanol–water partition coefficient (Wildman–Crippen LogP) is 9.87. The average molecular weight is 547 g/mol. The zero-order chi connectivity index (χ0) is 29.0. The number of halogens is 1. The molecule has 218 valence electrons. The van der Waals surface area contributed by atoms with Gasteiger partial charge in [0.1, 0.15) is 5.82 Å². The molecule has 0 bridgehead atoms. The minimum atomic E-state index is -0.564. The summed E-state index contributed by atoms with van der Waals surface area (Å²) < 4.78 is 14.6. The first-order chi connectivity index (χ1) is 18.6. The number of fused-ring (bicyclic) bond motifs is 7. The van der Waals surface area contributed by atoms with Crippen molar-refractivity contribution >= 4 is 11.5 Å². The smallest absolute Gasteiger partial charge is 0.309 e. The van der Waals surface area contributed by atoms with Gasteiger partial charge in [0.25, 0.3) is 0 Å². The Hall–Kier alpha value is -1.90. The Bertz CT molecular complexity index is 1290. The average Bonchev–Trinajstić information content (AvgIpc) is 3.27. The minimum absolute atomic E-state index is 0.0324. The van der Waals surface area contributed by atoms with E-state index in [0.717, 1.165) is 44.1 Å². The molecule has 4 fully saturated rings. The summed E-state index contributed by atoms with van der Waals surface area (Å²) in [7, 11) is 0. The van der Waals surface area contributed by atoms with Gasteiger partial charge < -0.3 is 5.11 Å². The summed E-state index contributed by atoms with van der Waals surface area (Å²) in [5.74, 6) is 1.48. The van der Waals surface area contributed by atoms with E-state index >= 15 is 0 Å². The topological polar surface area (TPSA) is 37.3 Å². The summed E-state index contributed by atoms with van der Waals surface area (Å²) in [6.07, 6.45) is 11.9. The van der Waals surface area contributed by atoms with Crippen LogP contribution in [0.1, 0.15) is 110 Å². The Labute approximate surface area is 241 Å². The third-order valence-corrected chi connectivity index (χ3v) is 14.6. The lowest BCUT2D eigenvalue weighted by Gasteiger charge is -2.72. The van der Waals surface area contributed by atoms with Crippen LogP contribution in [0.4, 0.5) is 4.39 Å². The first kappa shape index (κ1) is 28.2. The van der Waals surface area contributed by atoms with Crippen molar-refractivity contribution in [2.24, 2.45) is 56.7 Å². The Morgan fingerprint density at radius 3 is 2.33 bits per heavy atom. The van der Waals surface area contributed by atoms with Crippen LogP contribution in [0.15, 0.2) is 36.4 Å². The van der Waals surface area contributed by atoms with Gasteiger partial charge in [-0.1, -0.05) is 65.0 Å². The summed E-state index contributed by atoms with van der Waals surface area (Å²) in [5.41, 5.74) is 4.17. The van der Waals surface area contributed by atoms with E-state index in [1.807, 2.05) is 13.0 Å². The van der Waals surface area contributed by atoms with Crippen molar-refractivity contribution in [1.82, 2.24) is 0 Å². The number of carboxylic acid groups (broad SMARTS) is 1. The van der Waals surface area contributed by atoms with Crippen molar-refractivity contribution in [2.75, 3.05) is 0 Å². The molecule has 4 saturated carbocycles. The van der Waals surface area contributed by atoms with Crippen LogP contribution in [0.2, 0.25) is 0 Å². The fourth-order valence-electron chi connectivity index (χ4n) is 12.4. The lowest BCUT2D eigenvalue weighted by molar-refractivity contribution is -0.227. The van der Waals surface area contributed by atoms with Crippen LogP contribution in [-0.2, 0) is 4.79 Å². The minimum Gasteiger partial charge on any atom is -0.481 e. The van der Waals surface area contributed by atoms with Gasteiger partial charge in [0, 0.05) is 0 Å². The molecule has 0 radical (unpaired) electrons. The van der Waals surface area contributed by atoms with Gasteiger partial charge in [-0.2, -0.15) is 0 Å². The van der Waals surface area contributed by atoms with Gasteiger partial charge in [0.05, 0.1) is 5.41 Å². The number of hydrogen-bond donors (Lipinski definition) is 1. The highest BCUT2D eigenvalue weighted by Gasteiger charge is 2.71. The molecular weight excluding hydrogens is 495 g/mol. The molecule has 0 saturated heterocycles. The van der Waals surface area contributed by atoms with E-state index in [4.69, 9.17) is 0 Å². The van der Waals surface area contributed by atoms with Gasteiger partial charge in [0.2, 0.25) is 0 Å². The van der Waals surface area contributed by atoms with Crippen molar-refractivity contribution in [2.45, 2.75) is 106 Å². The molecule has 3 heteroatoms. The molecule has 0 unspecified atom stereocenters. The second-order valence-electron chi connectivity index (χ2n) is 16.2. The van der Waals surface area contributed by atoms with Gasteiger partial charge in [0.15, 0.2) is 0 Å². The van der Waals surface area contributed by atoms with Crippen molar-refractivity contribution in [3.63, 3.8) is 0 Å². The molecule has 2 nitrogen and oxygen atoms in total. The predicted molar refractivity (Wildman–Crippen MR) is 161 cm³/mol. The SMILES string of the molecule is C=C(C)[C@@H]1CC[C@]2(C(=O)O)CC[C@]3(C)[C@H](CC[C@@H]4[C@@]5(C)CC=C(c6ccc(C)c(F)c6)C(C)(C)[C@@H]5CC[C@]43C)[C@@H]12. The maximum absolute atomic E-state index is 14.6. The number of hydrogen-bond acceptors (Lipinski definition) is 1. The van der Waals surface area contributed by atoms with E-state index in [-0.39, 0.29) is 33.4 Å². The molecular formula is C37H51FO2. The number of aryl methyl sites for hydroxylation is 1. The number of benzene rings is 1. The number of carbonyl (C=O) groups is 1. The molecule has 1 aromatic carbocycles. The summed E-state index contributed by atoms with van der Waals surface area (Å²) >= 11 is 0. The number of rotatable bonds is 3. The van der Waals surface area contributed by atoms with E-state index in [2.05, 4.69) is 60.3 Å². The first-order valence-corrected chi connectivity index (χ1v) is 16.0. The third-order valence-electron chi connectivity index (χ3n) is 14.6.